The Kier molecular flexibility index (Phi) is 2.19. The van der Waals surface area contributed by atoms with Gasteiger partial charge in [-0.05, 0) is 23.7 Å². The zero-order valence-electron chi connectivity index (χ0n) is 7.18. The zero-order chi connectivity index (χ0) is 10.1. The third kappa shape index (κ3) is 1.59. The maximum Gasteiger partial charge on any atom is 0.488 e. The summed E-state index contributed by atoms with van der Waals surface area (Å²) in [5.74, 6) is -0.546. The van der Waals surface area contributed by atoms with E-state index in [1.807, 2.05) is 0 Å². The number of benzene rings is 1. The van der Waals surface area contributed by atoms with Crippen LogP contribution in [0.25, 0.3) is 10.9 Å². The quantitative estimate of drug-likeness (QED) is 0.494. The van der Waals surface area contributed by atoms with E-state index in [0.717, 1.165) is 0 Å². The van der Waals surface area contributed by atoms with E-state index in [1.165, 1.54) is 12.1 Å². The maximum atomic E-state index is 12.7. The Hall–Kier alpha value is -1.46. The summed E-state index contributed by atoms with van der Waals surface area (Å²) in [6.07, 6.45) is 0. The largest absolute Gasteiger partial charge is 0.488 e. The Morgan fingerprint density at radius 1 is 1.14 bits per heavy atom. The molecule has 1 aromatic carbocycles. The van der Waals surface area contributed by atoms with Crippen LogP contribution in [0.3, 0.4) is 0 Å². The summed E-state index contributed by atoms with van der Waals surface area (Å²) < 4.78 is 12.7. The van der Waals surface area contributed by atoms with Crippen molar-refractivity contribution in [1.29, 1.82) is 0 Å². The van der Waals surface area contributed by atoms with E-state index in [9.17, 15) is 4.39 Å². The van der Waals surface area contributed by atoms with Gasteiger partial charge in [-0.1, -0.05) is 12.1 Å². The smallest absolute Gasteiger partial charge is 0.423 e. The molecule has 3 nitrogen and oxygen atoms in total. The second-order valence-electron chi connectivity index (χ2n) is 2.96. The van der Waals surface area contributed by atoms with Crippen molar-refractivity contribution in [3.8, 4) is 0 Å². The van der Waals surface area contributed by atoms with Crippen LogP contribution in [0.4, 0.5) is 4.39 Å². The Morgan fingerprint density at radius 2 is 1.93 bits per heavy atom. The first-order valence-corrected chi connectivity index (χ1v) is 4.09. The molecule has 0 fully saturated rings. The van der Waals surface area contributed by atoms with Crippen molar-refractivity contribution < 1.29 is 14.4 Å². The fraction of sp³-hybridized carbons (Fsp3) is 0. The molecule has 2 aromatic rings. The van der Waals surface area contributed by atoms with Crippen molar-refractivity contribution in [1.82, 2.24) is 4.98 Å². The third-order valence-electron chi connectivity index (χ3n) is 1.98. The van der Waals surface area contributed by atoms with Gasteiger partial charge in [0, 0.05) is 5.39 Å². The van der Waals surface area contributed by atoms with Gasteiger partial charge in [0.25, 0.3) is 0 Å². The van der Waals surface area contributed by atoms with Crippen molar-refractivity contribution in [2.75, 3.05) is 0 Å². The van der Waals surface area contributed by atoms with E-state index in [2.05, 4.69) is 4.98 Å². The van der Waals surface area contributed by atoms with Gasteiger partial charge in [0.05, 0.1) is 5.52 Å². The van der Waals surface area contributed by atoms with Crippen LogP contribution in [0.2, 0.25) is 0 Å². The molecule has 0 saturated heterocycles. The Morgan fingerprint density at radius 3 is 2.64 bits per heavy atom. The van der Waals surface area contributed by atoms with E-state index < -0.39 is 13.1 Å². The normalized spacial score (nSPS) is 10.5. The molecule has 0 atom stereocenters. The minimum absolute atomic E-state index is 0.367. The lowest BCUT2D eigenvalue weighted by Crippen LogP contribution is -2.29. The highest BCUT2D eigenvalue weighted by molar-refractivity contribution is 6.58. The van der Waals surface area contributed by atoms with Crippen LogP contribution in [-0.2, 0) is 0 Å². The van der Waals surface area contributed by atoms with Gasteiger partial charge in [0.1, 0.15) is 0 Å². The highest BCUT2D eigenvalue weighted by Crippen LogP contribution is 2.09. The molecule has 2 N–H and O–H groups in total. The van der Waals surface area contributed by atoms with E-state index in [4.69, 9.17) is 10.0 Å². The van der Waals surface area contributed by atoms with Crippen LogP contribution in [0.1, 0.15) is 0 Å². The van der Waals surface area contributed by atoms with Crippen LogP contribution in [0.5, 0.6) is 0 Å². The summed E-state index contributed by atoms with van der Waals surface area (Å²) >= 11 is 0. The number of pyridine rings is 1. The first kappa shape index (κ1) is 9.11. The van der Waals surface area contributed by atoms with Gasteiger partial charge in [-0.25, -0.2) is 4.98 Å². The number of nitrogens with zero attached hydrogens (tertiary/aromatic N) is 1. The van der Waals surface area contributed by atoms with Crippen molar-refractivity contribution >= 4 is 23.5 Å². The fourth-order valence-corrected chi connectivity index (χ4v) is 1.28. The summed E-state index contributed by atoms with van der Waals surface area (Å²) in [5, 5.41) is 18.5. The predicted molar refractivity (Wildman–Crippen MR) is 51.5 cm³/mol. The molecule has 0 aliphatic heterocycles. The molecule has 0 aliphatic rings. The lowest BCUT2D eigenvalue weighted by Gasteiger charge is -2.01. The molecule has 0 bridgehead atoms. The van der Waals surface area contributed by atoms with Crippen LogP contribution < -0.4 is 5.46 Å². The molecule has 0 saturated carbocycles. The molecule has 0 spiro atoms. The average molecular weight is 191 g/mol. The first-order valence-electron chi connectivity index (χ1n) is 4.09. The monoisotopic (exact) mass is 191 g/mol. The zero-order valence-corrected chi connectivity index (χ0v) is 7.18. The van der Waals surface area contributed by atoms with Crippen LogP contribution >= 0.6 is 0 Å². The summed E-state index contributed by atoms with van der Waals surface area (Å²) in [5.41, 5.74) is 0.861. The number of hydrogen-bond acceptors (Lipinski definition) is 3. The number of halogens is 1. The van der Waals surface area contributed by atoms with Gasteiger partial charge in [0.2, 0.25) is 5.95 Å². The van der Waals surface area contributed by atoms with Crippen molar-refractivity contribution in [3.05, 3.63) is 36.3 Å². The standard InChI is InChI=1S/C9H7BFNO2/c11-9-4-1-6-5-7(10(13)14)2-3-8(6)12-9/h1-5,13-14H. The molecule has 14 heavy (non-hydrogen) atoms. The highest BCUT2D eigenvalue weighted by atomic mass is 19.1. The lowest BCUT2D eigenvalue weighted by atomic mass is 9.80. The van der Waals surface area contributed by atoms with Crippen molar-refractivity contribution in [2.45, 2.75) is 0 Å². The molecule has 70 valence electrons. The van der Waals surface area contributed by atoms with E-state index in [1.54, 1.807) is 18.2 Å². The maximum absolute atomic E-state index is 12.7. The summed E-state index contributed by atoms with van der Waals surface area (Å²) in [7, 11) is -1.51. The molecule has 0 aliphatic carbocycles. The molecule has 0 amide bonds. The highest BCUT2D eigenvalue weighted by Gasteiger charge is 2.10. The second kappa shape index (κ2) is 3.36. The van der Waals surface area contributed by atoms with Crippen LogP contribution in [0, 0.1) is 5.95 Å². The molecular formula is C9H7BFNO2. The fourth-order valence-electron chi connectivity index (χ4n) is 1.28. The summed E-state index contributed by atoms with van der Waals surface area (Å²) in [6, 6.07) is 7.39. The Labute approximate surface area is 80.0 Å². The topological polar surface area (TPSA) is 53.4 Å². The predicted octanol–water partition coefficient (Wildman–Crippen LogP) is 0.0537. The van der Waals surface area contributed by atoms with Gasteiger partial charge in [-0.3, -0.25) is 0 Å². The lowest BCUT2D eigenvalue weighted by molar-refractivity contribution is 0.426. The van der Waals surface area contributed by atoms with Crippen molar-refractivity contribution in [3.63, 3.8) is 0 Å². The summed E-state index contributed by atoms with van der Waals surface area (Å²) in [4.78, 5) is 3.65. The molecule has 1 heterocycles. The minimum atomic E-state index is -1.51. The Bertz CT molecular complexity index is 475. The summed E-state index contributed by atoms with van der Waals surface area (Å²) in [6.45, 7) is 0. The Balaban J connectivity index is 2.62. The SMILES string of the molecule is OB(O)c1ccc2nc(F)ccc2c1. The van der Waals surface area contributed by atoms with E-state index >= 15 is 0 Å². The van der Waals surface area contributed by atoms with E-state index in [0.29, 0.717) is 16.4 Å². The van der Waals surface area contributed by atoms with Crippen LogP contribution in [0.15, 0.2) is 30.3 Å². The van der Waals surface area contributed by atoms with Gasteiger partial charge in [-0.2, -0.15) is 4.39 Å². The van der Waals surface area contributed by atoms with Crippen molar-refractivity contribution in [2.24, 2.45) is 0 Å². The number of rotatable bonds is 1. The number of fused-ring (bicyclic) bond motifs is 1. The van der Waals surface area contributed by atoms with Gasteiger partial charge < -0.3 is 10.0 Å². The number of aromatic nitrogens is 1. The number of hydrogen-bond donors (Lipinski definition) is 2. The first-order chi connectivity index (χ1) is 6.66. The van der Waals surface area contributed by atoms with E-state index in [-0.39, 0.29) is 0 Å². The van der Waals surface area contributed by atoms with Gasteiger partial charge >= 0.3 is 7.12 Å². The molecule has 0 unspecified atom stereocenters. The minimum Gasteiger partial charge on any atom is -0.423 e. The van der Waals surface area contributed by atoms with Gasteiger partial charge in [0.15, 0.2) is 0 Å². The molecule has 5 heteroatoms. The second-order valence-corrected chi connectivity index (χ2v) is 2.96. The molecule has 2 rings (SSSR count). The van der Waals surface area contributed by atoms with Gasteiger partial charge in [-0.15, -0.1) is 0 Å². The molecule has 1 aromatic heterocycles. The average Bonchev–Trinajstić information content (AvgIpc) is 2.16. The van der Waals surface area contributed by atoms with Crippen LogP contribution in [-0.4, -0.2) is 22.2 Å². The molecular weight excluding hydrogens is 184 g/mol. The molecule has 0 radical (unpaired) electrons. The third-order valence-corrected chi connectivity index (χ3v) is 1.98.